The average molecular weight is 463 g/mol. The molecule has 0 aliphatic heterocycles. The number of ether oxygens (including phenoxy) is 1. The molecule has 0 aliphatic rings. The van der Waals surface area contributed by atoms with Gasteiger partial charge in [-0.2, -0.15) is 0 Å². The number of hydrogen-bond donors (Lipinski definition) is 0. The maximum absolute atomic E-state index is 13.5. The lowest BCUT2D eigenvalue weighted by Crippen LogP contribution is -2.52. The van der Waals surface area contributed by atoms with Gasteiger partial charge in [0.15, 0.2) is 0 Å². The quantitative estimate of drug-likeness (QED) is 0.427. The first-order chi connectivity index (χ1) is 16.2. The smallest absolute Gasteiger partial charge is 0.249 e. The van der Waals surface area contributed by atoms with Crippen molar-refractivity contribution in [2.75, 3.05) is 13.2 Å². The summed E-state index contributed by atoms with van der Waals surface area (Å²) in [6.45, 7) is 8.62. The van der Waals surface area contributed by atoms with E-state index in [2.05, 4.69) is 0 Å². The van der Waals surface area contributed by atoms with Crippen LogP contribution in [0, 0.1) is 6.92 Å². The molecule has 0 saturated carbocycles. The molecule has 34 heavy (non-hydrogen) atoms. The Bertz CT molecular complexity index is 1050. The molecule has 1 heterocycles. The van der Waals surface area contributed by atoms with Crippen LogP contribution in [0.4, 0.5) is 0 Å². The first kappa shape index (κ1) is 25.2. The zero-order valence-electron chi connectivity index (χ0n) is 20.5. The Morgan fingerprint density at radius 3 is 2.00 bits per heavy atom. The van der Waals surface area contributed by atoms with E-state index < -0.39 is 5.54 Å². The highest BCUT2D eigenvalue weighted by atomic mass is 16.5. The molecule has 0 N–H and O–H groups in total. The van der Waals surface area contributed by atoms with Crippen LogP contribution in [0.3, 0.4) is 0 Å². The Morgan fingerprint density at radius 1 is 0.824 bits per heavy atom. The molecular formula is C28H34N2O4. The van der Waals surface area contributed by atoms with Crippen LogP contribution in [0.5, 0.6) is 0 Å². The molecule has 0 radical (unpaired) electrons. The van der Waals surface area contributed by atoms with E-state index in [9.17, 15) is 9.59 Å². The van der Waals surface area contributed by atoms with Crippen LogP contribution in [-0.2, 0) is 34.0 Å². The predicted octanol–water partition coefficient (Wildman–Crippen LogP) is 4.96. The second-order valence-corrected chi connectivity index (χ2v) is 9.38. The standard InChI is InChI=1S/C28H34N2O4/c1-22-15-16-25(34-22)18-29(17-23-11-7-5-8-12-23)26(31)19-30(28(2,3)4)27(32)21-33-20-24-13-9-6-10-14-24/h5-16H,17-21H2,1-4H3. The highest BCUT2D eigenvalue weighted by Crippen LogP contribution is 2.18. The predicted molar refractivity (Wildman–Crippen MR) is 132 cm³/mol. The van der Waals surface area contributed by atoms with Crippen molar-refractivity contribution in [2.45, 2.75) is 52.9 Å². The van der Waals surface area contributed by atoms with E-state index in [0.717, 1.165) is 16.9 Å². The van der Waals surface area contributed by atoms with Crippen LogP contribution in [0.15, 0.2) is 77.2 Å². The monoisotopic (exact) mass is 462 g/mol. The number of nitrogens with zero attached hydrogens (tertiary/aromatic N) is 2. The van der Waals surface area contributed by atoms with E-state index in [1.54, 1.807) is 9.80 Å². The van der Waals surface area contributed by atoms with E-state index in [-0.39, 0.29) is 25.0 Å². The molecule has 2 amide bonds. The number of benzene rings is 2. The lowest BCUT2D eigenvalue weighted by atomic mass is 10.1. The molecule has 0 atom stereocenters. The van der Waals surface area contributed by atoms with E-state index >= 15 is 0 Å². The number of furan rings is 1. The van der Waals surface area contributed by atoms with Crippen molar-refractivity contribution in [2.24, 2.45) is 0 Å². The van der Waals surface area contributed by atoms with Gasteiger partial charge < -0.3 is 19.0 Å². The largest absolute Gasteiger partial charge is 0.464 e. The Labute approximate surface area is 202 Å². The second-order valence-electron chi connectivity index (χ2n) is 9.38. The zero-order chi connectivity index (χ0) is 24.6. The number of hydrogen-bond acceptors (Lipinski definition) is 4. The van der Waals surface area contributed by atoms with E-state index in [4.69, 9.17) is 9.15 Å². The molecule has 6 heteroatoms. The van der Waals surface area contributed by atoms with Gasteiger partial charge in [-0.3, -0.25) is 9.59 Å². The van der Waals surface area contributed by atoms with Crippen LogP contribution in [-0.4, -0.2) is 40.3 Å². The highest BCUT2D eigenvalue weighted by molar-refractivity contribution is 5.86. The summed E-state index contributed by atoms with van der Waals surface area (Å²) in [5, 5.41) is 0. The van der Waals surface area contributed by atoms with Crippen molar-refractivity contribution < 1.29 is 18.7 Å². The summed E-state index contributed by atoms with van der Waals surface area (Å²) in [5.74, 6) is 1.14. The number of carbonyl (C=O) groups is 2. The van der Waals surface area contributed by atoms with Crippen molar-refractivity contribution >= 4 is 11.8 Å². The van der Waals surface area contributed by atoms with Crippen LogP contribution in [0.2, 0.25) is 0 Å². The first-order valence-corrected chi connectivity index (χ1v) is 11.5. The number of carbonyl (C=O) groups excluding carboxylic acids is 2. The van der Waals surface area contributed by atoms with Gasteiger partial charge in [0, 0.05) is 12.1 Å². The Balaban J connectivity index is 1.69. The third-order valence-corrected chi connectivity index (χ3v) is 5.45. The van der Waals surface area contributed by atoms with Crippen molar-refractivity contribution in [3.63, 3.8) is 0 Å². The van der Waals surface area contributed by atoms with Crippen LogP contribution in [0.25, 0.3) is 0 Å². The lowest BCUT2D eigenvalue weighted by molar-refractivity contribution is -0.148. The highest BCUT2D eigenvalue weighted by Gasteiger charge is 2.30. The molecule has 0 saturated heterocycles. The summed E-state index contributed by atoms with van der Waals surface area (Å²) in [4.78, 5) is 29.9. The van der Waals surface area contributed by atoms with Gasteiger partial charge in [0.2, 0.25) is 11.8 Å². The van der Waals surface area contributed by atoms with Crippen LogP contribution < -0.4 is 0 Å². The van der Waals surface area contributed by atoms with Crippen molar-refractivity contribution in [3.05, 3.63) is 95.4 Å². The summed E-state index contributed by atoms with van der Waals surface area (Å²) in [7, 11) is 0. The summed E-state index contributed by atoms with van der Waals surface area (Å²) < 4.78 is 11.4. The van der Waals surface area contributed by atoms with Crippen LogP contribution in [0.1, 0.15) is 43.4 Å². The van der Waals surface area contributed by atoms with Gasteiger partial charge in [0.1, 0.15) is 24.7 Å². The zero-order valence-corrected chi connectivity index (χ0v) is 20.5. The molecule has 0 aliphatic carbocycles. The molecule has 6 nitrogen and oxygen atoms in total. The number of amides is 2. The Kier molecular flexibility index (Phi) is 8.66. The summed E-state index contributed by atoms with van der Waals surface area (Å²) in [6.07, 6.45) is 0. The van der Waals surface area contributed by atoms with Gasteiger partial charge in [-0.15, -0.1) is 0 Å². The summed E-state index contributed by atoms with van der Waals surface area (Å²) >= 11 is 0. The topological polar surface area (TPSA) is 63.0 Å². The summed E-state index contributed by atoms with van der Waals surface area (Å²) in [5.41, 5.74) is 1.47. The second kappa shape index (κ2) is 11.7. The van der Waals surface area contributed by atoms with Crippen molar-refractivity contribution in [1.29, 1.82) is 0 Å². The summed E-state index contributed by atoms with van der Waals surface area (Å²) in [6, 6.07) is 23.3. The fraction of sp³-hybridized carbons (Fsp3) is 0.357. The minimum Gasteiger partial charge on any atom is -0.464 e. The van der Waals surface area contributed by atoms with E-state index in [1.807, 2.05) is 100 Å². The normalized spacial score (nSPS) is 11.3. The van der Waals surface area contributed by atoms with Gasteiger partial charge in [-0.1, -0.05) is 60.7 Å². The van der Waals surface area contributed by atoms with Crippen LogP contribution >= 0.6 is 0 Å². The number of aryl methyl sites for hydroxylation is 1. The number of rotatable bonds is 10. The molecule has 0 spiro atoms. The SMILES string of the molecule is Cc1ccc(CN(Cc2ccccc2)C(=O)CN(C(=O)COCc2ccccc2)C(C)(C)C)o1. The van der Waals surface area contributed by atoms with Gasteiger partial charge >= 0.3 is 0 Å². The molecule has 3 rings (SSSR count). The molecule has 0 unspecified atom stereocenters. The average Bonchev–Trinajstić information content (AvgIpc) is 3.22. The minimum absolute atomic E-state index is 0.0381. The minimum atomic E-state index is -0.539. The molecule has 0 bridgehead atoms. The lowest BCUT2D eigenvalue weighted by Gasteiger charge is -2.36. The van der Waals surface area contributed by atoms with E-state index in [0.29, 0.717) is 25.5 Å². The molecular weight excluding hydrogens is 428 g/mol. The fourth-order valence-corrected chi connectivity index (χ4v) is 3.64. The molecule has 1 aromatic heterocycles. The third-order valence-electron chi connectivity index (χ3n) is 5.45. The Morgan fingerprint density at radius 2 is 1.44 bits per heavy atom. The molecule has 0 fully saturated rings. The van der Waals surface area contributed by atoms with Gasteiger partial charge in [0.25, 0.3) is 0 Å². The maximum atomic E-state index is 13.5. The molecule has 2 aromatic carbocycles. The molecule has 3 aromatic rings. The molecule has 180 valence electrons. The van der Waals surface area contributed by atoms with Gasteiger partial charge in [-0.25, -0.2) is 0 Å². The van der Waals surface area contributed by atoms with E-state index in [1.165, 1.54) is 0 Å². The van der Waals surface area contributed by atoms with Gasteiger partial charge in [-0.05, 0) is 51.0 Å². The van der Waals surface area contributed by atoms with Crippen molar-refractivity contribution in [3.8, 4) is 0 Å². The fourth-order valence-electron chi connectivity index (χ4n) is 3.64. The first-order valence-electron chi connectivity index (χ1n) is 11.5. The maximum Gasteiger partial charge on any atom is 0.249 e. The third kappa shape index (κ3) is 7.59. The van der Waals surface area contributed by atoms with Crippen molar-refractivity contribution in [1.82, 2.24) is 9.80 Å². The van der Waals surface area contributed by atoms with Gasteiger partial charge in [0.05, 0.1) is 13.2 Å². The Hall–Kier alpha value is -3.38.